The van der Waals surface area contributed by atoms with Crippen LogP contribution in [0, 0.1) is 0 Å². The topological polar surface area (TPSA) is 94.9 Å². The van der Waals surface area contributed by atoms with Gasteiger partial charge in [0.25, 0.3) is 0 Å². The Labute approximate surface area is 215 Å². The molecular weight excluding hydrogens is 511 g/mol. The minimum Gasteiger partial charge on any atom is -0.479 e. The number of carbonyl (C=O) groups is 1. The maximum absolute atomic E-state index is 13.6. The van der Waals surface area contributed by atoms with Gasteiger partial charge in [-0.25, -0.2) is 9.78 Å². The van der Waals surface area contributed by atoms with E-state index >= 15 is 0 Å². The van der Waals surface area contributed by atoms with Gasteiger partial charge >= 0.3 is 12.1 Å². The molecule has 4 aromatic rings. The van der Waals surface area contributed by atoms with Crippen molar-refractivity contribution in [1.82, 2.24) is 24.7 Å². The molecule has 37 heavy (non-hydrogen) atoms. The van der Waals surface area contributed by atoms with E-state index in [2.05, 4.69) is 20.2 Å². The Morgan fingerprint density at radius 3 is 2.54 bits per heavy atom. The summed E-state index contributed by atoms with van der Waals surface area (Å²) in [6.45, 7) is 5.31. The van der Waals surface area contributed by atoms with Crippen molar-refractivity contribution in [3.8, 4) is 28.4 Å². The molecule has 0 aliphatic rings. The van der Waals surface area contributed by atoms with Gasteiger partial charge in [0.15, 0.2) is 17.2 Å². The second-order valence-electron chi connectivity index (χ2n) is 8.57. The molecule has 1 N–H and O–H groups in total. The summed E-state index contributed by atoms with van der Waals surface area (Å²) in [5, 5.41) is 8.63. The van der Waals surface area contributed by atoms with Crippen molar-refractivity contribution in [3.05, 3.63) is 70.9 Å². The van der Waals surface area contributed by atoms with Gasteiger partial charge in [-0.3, -0.25) is 0 Å². The molecule has 0 atom stereocenters. The summed E-state index contributed by atoms with van der Waals surface area (Å²) >= 11 is 6.22. The molecule has 0 amide bonds. The highest BCUT2D eigenvalue weighted by Crippen LogP contribution is 2.39. The zero-order valence-corrected chi connectivity index (χ0v) is 21.1. The molecule has 0 saturated heterocycles. The molecule has 0 bridgehead atoms. The van der Waals surface area contributed by atoms with E-state index in [9.17, 15) is 18.0 Å². The van der Waals surface area contributed by atoms with Crippen molar-refractivity contribution in [3.63, 3.8) is 0 Å². The lowest BCUT2D eigenvalue weighted by Gasteiger charge is -2.27. The van der Waals surface area contributed by atoms with Gasteiger partial charge in [-0.1, -0.05) is 29.8 Å². The first-order valence-corrected chi connectivity index (χ1v) is 11.6. The fourth-order valence-corrected chi connectivity index (χ4v) is 4.07. The molecule has 2 aromatic carbocycles. The molecule has 12 heteroatoms. The van der Waals surface area contributed by atoms with Gasteiger partial charge < -0.3 is 19.0 Å². The molecule has 8 nitrogen and oxygen atoms in total. The Balaban J connectivity index is 1.70. The number of carbonyl (C=O) groups excluding carboxylic acids is 1. The van der Waals surface area contributed by atoms with Crippen molar-refractivity contribution in [2.45, 2.75) is 32.5 Å². The van der Waals surface area contributed by atoms with E-state index in [4.69, 9.17) is 21.1 Å². The zero-order chi connectivity index (χ0) is 27.0. The second kappa shape index (κ2) is 9.89. The van der Waals surface area contributed by atoms with Crippen LogP contribution in [0.5, 0.6) is 5.75 Å². The van der Waals surface area contributed by atoms with E-state index in [-0.39, 0.29) is 29.6 Å². The van der Waals surface area contributed by atoms with Crippen LogP contribution in [0.25, 0.3) is 22.6 Å². The lowest BCUT2D eigenvalue weighted by Crippen LogP contribution is -2.29. The van der Waals surface area contributed by atoms with Crippen LogP contribution < -0.4 is 4.74 Å². The monoisotopic (exact) mass is 533 g/mol. The zero-order valence-electron chi connectivity index (χ0n) is 20.4. The number of hydrogen-bond acceptors (Lipinski definition) is 6. The maximum Gasteiger partial charge on any atom is 0.417 e. The number of nitrogens with zero attached hydrogens (tertiary/aromatic N) is 4. The number of esters is 1. The van der Waals surface area contributed by atoms with E-state index in [0.29, 0.717) is 22.0 Å². The van der Waals surface area contributed by atoms with Crippen LogP contribution >= 0.6 is 11.6 Å². The lowest BCUT2D eigenvalue weighted by atomic mass is 10.1. The smallest absolute Gasteiger partial charge is 0.417 e. The minimum absolute atomic E-state index is 0.0170. The van der Waals surface area contributed by atoms with Crippen LogP contribution in [0.3, 0.4) is 0 Å². The second-order valence-corrected chi connectivity index (χ2v) is 9.00. The highest BCUT2D eigenvalue weighted by molar-refractivity contribution is 6.31. The van der Waals surface area contributed by atoms with Crippen molar-refractivity contribution < 1.29 is 27.4 Å². The predicted molar refractivity (Wildman–Crippen MR) is 130 cm³/mol. The molecule has 0 aliphatic carbocycles. The third-order valence-electron chi connectivity index (χ3n) is 5.53. The summed E-state index contributed by atoms with van der Waals surface area (Å²) in [6, 6.07) is 10.1. The predicted octanol–water partition coefficient (Wildman–Crippen LogP) is 6.04. The van der Waals surface area contributed by atoms with Crippen molar-refractivity contribution in [2.24, 2.45) is 7.05 Å². The van der Waals surface area contributed by atoms with E-state index in [1.54, 1.807) is 46.0 Å². The van der Waals surface area contributed by atoms with Crippen molar-refractivity contribution in [2.75, 3.05) is 6.61 Å². The Kier molecular flexibility index (Phi) is 7.00. The van der Waals surface area contributed by atoms with Crippen molar-refractivity contribution in [1.29, 1.82) is 0 Å². The fraction of sp³-hybridized carbons (Fsp3) is 0.280. The molecule has 2 aromatic heterocycles. The Hall–Kier alpha value is -3.86. The van der Waals surface area contributed by atoms with Crippen molar-refractivity contribution >= 4 is 17.6 Å². The fourth-order valence-electron chi connectivity index (χ4n) is 3.90. The van der Waals surface area contributed by atoms with E-state index < -0.39 is 23.3 Å². The highest BCUT2D eigenvalue weighted by atomic mass is 35.5. The molecular formula is C25H23ClF3N5O3. The number of alkyl halides is 3. The summed E-state index contributed by atoms with van der Waals surface area (Å²) in [5.41, 5.74) is -1.09. The Bertz CT molecular complexity index is 1450. The number of nitrogens with one attached hydrogen (secondary N) is 1. The summed E-state index contributed by atoms with van der Waals surface area (Å²) in [7, 11) is 1.58. The molecule has 0 aliphatic heterocycles. The van der Waals surface area contributed by atoms with E-state index in [1.165, 1.54) is 29.0 Å². The van der Waals surface area contributed by atoms with Gasteiger partial charge in [-0.2, -0.15) is 13.2 Å². The number of imidazole rings is 1. The molecule has 0 unspecified atom stereocenters. The lowest BCUT2D eigenvalue weighted by molar-refractivity contribution is -0.137. The number of hydrogen-bond donors (Lipinski definition) is 1. The van der Waals surface area contributed by atoms with E-state index in [0.717, 1.165) is 6.07 Å². The molecule has 0 spiro atoms. The molecule has 0 radical (unpaired) electrons. The van der Waals surface area contributed by atoms with E-state index in [1.807, 2.05) is 0 Å². The molecule has 2 heterocycles. The van der Waals surface area contributed by atoms with Gasteiger partial charge in [-0.05, 0) is 45.0 Å². The van der Waals surface area contributed by atoms with Crippen LogP contribution in [0.2, 0.25) is 5.02 Å². The van der Waals surface area contributed by atoms with Crippen LogP contribution in [-0.4, -0.2) is 37.3 Å². The number of halogens is 4. The van der Waals surface area contributed by atoms with Crippen LogP contribution in [0.4, 0.5) is 13.2 Å². The normalized spacial score (nSPS) is 12.0. The first-order valence-electron chi connectivity index (χ1n) is 11.2. The third-order valence-corrected chi connectivity index (χ3v) is 5.76. The molecule has 4 rings (SSSR count). The Morgan fingerprint density at radius 2 is 1.84 bits per heavy atom. The number of benzene rings is 2. The number of rotatable bonds is 7. The molecule has 194 valence electrons. The number of aromatic nitrogens is 5. The number of ether oxygens (including phenoxy) is 2. The average Bonchev–Trinajstić information content (AvgIpc) is 3.47. The van der Waals surface area contributed by atoms with Crippen LogP contribution in [0.15, 0.2) is 48.7 Å². The summed E-state index contributed by atoms with van der Waals surface area (Å²) in [5.74, 6) is 0.113. The van der Waals surface area contributed by atoms with Crippen LogP contribution in [0.1, 0.15) is 42.8 Å². The summed E-state index contributed by atoms with van der Waals surface area (Å²) in [6.07, 6.45) is -3.11. The number of aromatic amines is 1. The molecule has 0 fully saturated rings. The minimum atomic E-state index is -4.56. The highest BCUT2D eigenvalue weighted by Gasteiger charge is 2.36. The summed E-state index contributed by atoms with van der Waals surface area (Å²) in [4.78, 5) is 19.0. The third kappa shape index (κ3) is 5.31. The van der Waals surface area contributed by atoms with Gasteiger partial charge in [0.1, 0.15) is 5.75 Å². The number of H-pyrrole nitrogens is 1. The maximum atomic E-state index is 13.6. The van der Waals surface area contributed by atoms with Gasteiger partial charge in [0, 0.05) is 23.2 Å². The average molecular weight is 534 g/mol. The van der Waals surface area contributed by atoms with Crippen LogP contribution in [-0.2, 0) is 23.6 Å². The summed E-state index contributed by atoms with van der Waals surface area (Å²) < 4.78 is 53.5. The molecule has 0 saturated carbocycles. The van der Waals surface area contributed by atoms with Gasteiger partial charge in [-0.15, -0.1) is 10.2 Å². The van der Waals surface area contributed by atoms with Gasteiger partial charge in [0.05, 0.1) is 24.1 Å². The first kappa shape index (κ1) is 26.2. The Morgan fingerprint density at radius 1 is 1.11 bits per heavy atom. The largest absolute Gasteiger partial charge is 0.479 e. The van der Waals surface area contributed by atoms with Gasteiger partial charge in [0.2, 0.25) is 5.82 Å². The standard InChI is InChI=1S/C25H23ClF3N5O3/c1-5-36-22(35)20-30-13-18(31-20)16-12-14(26)10-11-19(16)37-24(2,3)23-33-32-21(34(23)4)15-8-6-7-9-17(15)25(27,28)29/h6-13H,5H2,1-4H3,(H,30,31). The first-order chi connectivity index (χ1) is 17.4. The quantitative estimate of drug-likeness (QED) is 0.291. The SMILES string of the molecule is CCOC(=O)c1ncc(-c2cc(Cl)ccc2OC(C)(C)c2nnc(-c3ccccc3C(F)(F)F)n2C)[nH]1.